The first-order valence-electron chi connectivity index (χ1n) is 7.98. The van der Waals surface area contributed by atoms with Gasteiger partial charge in [0.1, 0.15) is 6.04 Å². The number of H-pyrrole nitrogens is 1. The van der Waals surface area contributed by atoms with Crippen LogP contribution in [-0.4, -0.2) is 48.9 Å². The van der Waals surface area contributed by atoms with Gasteiger partial charge in [-0.25, -0.2) is 4.98 Å². The lowest BCUT2D eigenvalue weighted by molar-refractivity contribution is -0.134. The lowest BCUT2D eigenvalue weighted by atomic mass is 10.2. The van der Waals surface area contributed by atoms with Gasteiger partial charge in [0.15, 0.2) is 0 Å². The van der Waals surface area contributed by atoms with Crippen molar-refractivity contribution in [3.63, 3.8) is 0 Å². The number of hydrogen-bond donors (Lipinski definition) is 2. The van der Waals surface area contributed by atoms with Crippen molar-refractivity contribution in [3.05, 3.63) is 21.6 Å². The summed E-state index contributed by atoms with van der Waals surface area (Å²) in [6, 6.07) is -0.506. The molecule has 0 spiro atoms. The van der Waals surface area contributed by atoms with E-state index < -0.39 is 6.04 Å². The molecule has 9 heteroatoms. The first-order valence-corrected chi connectivity index (χ1v) is 7.98. The third kappa shape index (κ3) is 2.66. The number of fused-ring (bicyclic) bond motifs is 1. The Balaban J connectivity index is 1.88. The van der Waals surface area contributed by atoms with Crippen LogP contribution in [0.5, 0.6) is 0 Å². The van der Waals surface area contributed by atoms with E-state index in [9.17, 15) is 14.4 Å². The van der Waals surface area contributed by atoms with Gasteiger partial charge in [-0.3, -0.25) is 24.8 Å². The molecule has 1 aliphatic rings. The van der Waals surface area contributed by atoms with Crippen LogP contribution < -0.4 is 10.9 Å². The second-order valence-corrected chi connectivity index (χ2v) is 5.90. The van der Waals surface area contributed by atoms with Gasteiger partial charge in [-0.1, -0.05) is 6.92 Å². The van der Waals surface area contributed by atoms with E-state index in [0.29, 0.717) is 30.6 Å². The molecule has 3 rings (SSSR count). The molecule has 0 radical (unpaired) electrons. The molecule has 2 N–H and O–H groups in total. The summed E-state index contributed by atoms with van der Waals surface area (Å²) in [4.78, 5) is 46.3. The van der Waals surface area contributed by atoms with E-state index in [1.807, 2.05) is 6.92 Å². The van der Waals surface area contributed by atoms with Crippen molar-refractivity contribution in [2.75, 3.05) is 11.9 Å². The van der Waals surface area contributed by atoms with Crippen LogP contribution in [-0.2, 0) is 16.0 Å². The van der Waals surface area contributed by atoms with Crippen LogP contribution in [0, 0.1) is 6.92 Å². The van der Waals surface area contributed by atoms with Crippen molar-refractivity contribution in [2.45, 2.75) is 46.1 Å². The topological polar surface area (TPSA) is 112 Å². The highest BCUT2D eigenvalue weighted by molar-refractivity contribution is 5.96. The molecule has 3 heterocycles. The van der Waals surface area contributed by atoms with Crippen molar-refractivity contribution >= 4 is 23.5 Å². The SMILES string of the molecule is CCc1c(C)nc2nc(NC(=O)[C@@H]3CCCN3C(C)=O)[nH]n2c1=O. The summed E-state index contributed by atoms with van der Waals surface area (Å²) in [5.41, 5.74) is 1.01. The predicted octanol–water partition coefficient (Wildman–Crippen LogP) is 0.238. The van der Waals surface area contributed by atoms with Gasteiger partial charge >= 0.3 is 0 Å². The molecule has 2 aromatic rings. The van der Waals surface area contributed by atoms with Gasteiger partial charge in [0, 0.05) is 19.0 Å². The highest BCUT2D eigenvalue weighted by atomic mass is 16.2. The molecule has 0 aliphatic carbocycles. The predicted molar refractivity (Wildman–Crippen MR) is 86.8 cm³/mol. The zero-order chi connectivity index (χ0) is 17.4. The number of likely N-dealkylation sites (tertiary alicyclic amines) is 1. The maximum atomic E-state index is 12.4. The van der Waals surface area contributed by atoms with Crippen molar-refractivity contribution in [3.8, 4) is 0 Å². The molecule has 1 aliphatic heterocycles. The average molecular weight is 332 g/mol. The third-order valence-electron chi connectivity index (χ3n) is 4.35. The Morgan fingerprint density at radius 3 is 2.79 bits per heavy atom. The monoisotopic (exact) mass is 332 g/mol. The van der Waals surface area contributed by atoms with Crippen molar-refractivity contribution < 1.29 is 9.59 Å². The molecule has 1 fully saturated rings. The summed E-state index contributed by atoms with van der Waals surface area (Å²) in [5, 5.41) is 5.40. The number of rotatable bonds is 3. The second kappa shape index (κ2) is 6.06. The maximum Gasteiger partial charge on any atom is 0.277 e. The largest absolute Gasteiger partial charge is 0.331 e. The number of hydrogen-bond acceptors (Lipinski definition) is 5. The summed E-state index contributed by atoms with van der Waals surface area (Å²) in [7, 11) is 0. The van der Waals surface area contributed by atoms with Crippen LogP contribution in [0.3, 0.4) is 0 Å². The van der Waals surface area contributed by atoms with Crippen LogP contribution in [0.4, 0.5) is 5.95 Å². The number of nitrogens with zero attached hydrogens (tertiary/aromatic N) is 4. The first-order chi connectivity index (χ1) is 11.4. The number of aryl methyl sites for hydroxylation is 1. The molecule has 24 heavy (non-hydrogen) atoms. The minimum absolute atomic E-state index is 0.127. The molecule has 1 saturated heterocycles. The maximum absolute atomic E-state index is 12.4. The van der Waals surface area contributed by atoms with Crippen LogP contribution in [0.2, 0.25) is 0 Å². The fraction of sp³-hybridized carbons (Fsp3) is 0.533. The summed E-state index contributed by atoms with van der Waals surface area (Å²) in [6.07, 6.45) is 1.97. The quantitative estimate of drug-likeness (QED) is 0.836. The highest BCUT2D eigenvalue weighted by Crippen LogP contribution is 2.18. The van der Waals surface area contributed by atoms with Crippen LogP contribution >= 0.6 is 0 Å². The fourth-order valence-electron chi connectivity index (χ4n) is 3.13. The minimum atomic E-state index is -0.506. The van der Waals surface area contributed by atoms with E-state index in [1.165, 1.54) is 11.4 Å². The molecular formula is C15H20N6O3. The molecule has 128 valence electrons. The van der Waals surface area contributed by atoms with Gasteiger partial charge in [-0.2, -0.15) is 9.50 Å². The number of nitrogens with one attached hydrogen (secondary N) is 2. The molecule has 9 nitrogen and oxygen atoms in total. The molecule has 0 aromatic carbocycles. The van der Waals surface area contributed by atoms with Gasteiger partial charge in [0.2, 0.25) is 17.8 Å². The second-order valence-electron chi connectivity index (χ2n) is 5.90. The summed E-state index contributed by atoms with van der Waals surface area (Å²) in [6.45, 7) is 5.67. The van der Waals surface area contributed by atoms with E-state index in [1.54, 1.807) is 11.8 Å². The van der Waals surface area contributed by atoms with Crippen LogP contribution in [0.25, 0.3) is 5.78 Å². The van der Waals surface area contributed by atoms with Gasteiger partial charge in [-0.05, 0) is 26.2 Å². The van der Waals surface area contributed by atoms with Gasteiger partial charge in [-0.15, -0.1) is 0 Å². The smallest absolute Gasteiger partial charge is 0.277 e. The molecule has 0 unspecified atom stereocenters. The molecular weight excluding hydrogens is 312 g/mol. The minimum Gasteiger partial charge on any atom is -0.331 e. The molecule has 0 saturated carbocycles. The zero-order valence-electron chi connectivity index (χ0n) is 13.9. The van der Waals surface area contributed by atoms with E-state index in [-0.39, 0.29) is 29.1 Å². The lowest BCUT2D eigenvalue weighted by Crippen LogP contribution is -2.42. The Bertz CT molecular complexity index is 868. The standard InChI is InChI=1S/C15H20N6O3/c1-4-10-8(2)16-15-18-14(19-21(15)13(10)24)17-12(23)11-6-5-7-20(11)9(3)22/h11H,4-7H2,1-3H3,(H2,16,17,18,19,23)/t11-/m0/s1. The Morgan fingerprint density at radius 1 is 1.38 bits per heavy atom. The summed E-state index contributed by atoms with van der Waals surface area (Å²) >= 11 is 0. The summed E-state index contributed by atoms with van der Waals surface area (Å²) in [5.74, 6) is -0.0897. The van der Waals surface area contributed by atoms with Crippen molar-refractivity contribution in [1.82, 2.24) is 24.5 Å². The lowest BCUT2D eigenvalue weighted by Gasteiger charge is -2.21. The van der Waals surface area contributed by atoms with Crippen molar-refractivity contribution in [2.24, 2.45) is 0 Å². The Labute approximate surface area is 138 Å². The van der Waals surface area contributed by atoms with Gasteiger partial charge in [0.05, 0.1) is 5.69 Å². The molecule has 2 aromatic heterocycles. The molecule has 1 atom stereocenters. The van der Waals surface area contributed by atoms with Crippen LogP contribution in [0.15, 0.2) is 4.79 Å². The van der Waals surface area contributed by atoms with E-state index >= 15 is 0 Å². The van der Waals surface area contributed by atoms with Gasteiger partial charge < -0.3 is 4.90 Å². The summed E-state index contributed by atoms with van der Waals surface area (Å²) < 4.78 is 1.22. The fourth-order valence-corrected chi connectivity index (χ4v) is 3.13. The Hall–Kier alpha value is -2.71. The van der Waals surface area contributed by atoms with Crippen LogP contribution in [0.1, 0.15) is 37.9 Å². The zero-order valence-corrected chi connectivity index (χ0v) is 13.9. The molecule has 2 amide bonds. The number of carbonyl (C=O) groups excluding carboxylic acids is 2. The Kier molecular flexibility index (Phi) is 4.08. The van der Waals surface area contributed by atoms with Gasteiger partial charge in [0.25, 0.3) is 11.3 Å². The highest BCUT2D eigenvalue weighted by Gasteiger charge is 2.32. The number of aromatic amines is 1. The van der Waals surface area contributed by atoms with E-state index in [0.717, 1.165) is 6.42 Å². The van der Waals surface area contributed by atoms with E-state index in [2.05, 4.69) is 20.4 Å². The number of amides is 2. The first kappa shape index (κ1) is 16.2. The number of carbonyl (C=O) groups is 2. The average Bonchev–Trinajstić information content (AvgIpc) is 3.14. The number of anilines is 1. The van der Waals surface area contributed by atoms with E-state index in [4.69, 9.17) is 0 Å². The normalized spacial score (nSPS) is 17.5. The van der Waals surface area contributed by atoms with Crippen molar-refractivity contribution in [1.29, 1.82) is 0 Å². The number of aromatic nitrogens is 4. The molecule has 0 bridgehead atoms. The Morgan fingerprint density at radius 2 is 2.12 bits per heavy atom. The third-order valence-corrected chi connectivity index (χ3v) is 4.35.